The third-order valence-electron chi connectivity index (χ3n) is 2.44. The topological polar surface area (TPSA) is 75.6 Å². The smallest absolute Gasteiger partial charge is 0.328 e. The molecule has 1 rings (SSSR count). The second kappa shape index (κ2) is 7.48. The summed E-state index contributed by atoms with van der Waals surface area (Å²) >= 11 is 0. The second-order valence-electron chi connectivity index (χ2n) is 3.80. The lowest BCUT2D eigenvalue weighted by atomic mass is 10.1. The van der Waals surface area contributed by atoms with Crippen molar-refractivity contribution in [3.05, 3.63) is 35.9 Å². The summed E-state index contributed by atoms with van der Waals surface area (Å²) in [6.45, 7) is 0.822. The molecule has 0 radical (unpaired) electrons. The van der Waals surface area contributed by atoms with Crippen LogP contribution in [0.4, 0.5) is 4.39 Å². The number of alkyl halides is 1. The highest BCUT2D eigenvalue weighted by molar-refractivity contribution is 5.87. The number of amides is 1. The SMILES string of the molecule is CCOC(C(=O)NC(CF)C(=O)O)c1ccccc1. The second-order valence-corrected chi connectivity index (χ2v) is 3.80. The zero-order valence-corrected chi connectivity index (χ0v) is 10.5. The molecule has 1 aromatic carbocycles. The molecule has 0 heterocycles. The number of carboxylic acids is 1. The molecule has 2 atom stereocenters. The molecule has 5 nitrogen and oxygen atoms in total. The standard InChI is InChI=1S/C13H16FNO4/c1-2-19-11(9-6-4-3-5-7-9)12(16)15-10(8-14)13(17)18/h3-7,10-11H,2,8H2,1H3,(H,15,16)(H,17,18). The van der Waals surface area contributed by atoms with Crippen LogP contribution in [-0.4, -0.2) is 36.3 Å². The van der Waals surface area contributed by atoms with Crippen molar-refractivity contribution in [2.24, 2.45) is 0 Å². The molecule has 0 saturated heterocycles. The van der Waals surface area contributed by atoms with Gasteiger partial charge in [0.05, 0.1) is 0 Å². The molecule has 1 amide bonds. The molecule has 0 aliphatic rings. The first-order valence-corrected chi connectivity index (χ1v) is 5.85. The number of carboxylic acid groups (broad SMARTS) is 1. The molecule has 0 saturated carbocycles. The van der Waals surface area contributed by atoms with E-state index in [-0.39, 0.29) is 6.61 Å². The average Bonchev–Trinajstić information content (AvgIpc) is 2.42. The molecule has 19 heavy (non-hydrogen) atoms. The summed E-state index contributed by atoms with van der Waals surface area (Å²) in [5, 5.41) is 10.8. The van der Waals surface area contributed by atoms with Crippen molar-refractivity contribution >= 4 is 11.9 Å². The lowest BCUT2D eigenvalue weighted by Gasteiger charge is -2.19. The van der Waals surface area contributed by atoms with Crippen molar-refractivity contribution in [1.29, 1.82) is 0 Å². The molecule has 2 unspecified atom stereocenters. The summed E-state index contributed by atoms with van der Waals surface area (Å²) in [5.74, 6) is -2.09. The van der Waals surface area contributed by atoms with Gasteiger partial charge in [0.25, 0.3) is 5.91 Å². The number of benzene rings is 1. The maximum absolute atomic E-state index is 12.5. The Morgan fingerprint density at radius 2 is 2.00 bits per heavy atom. The minimum Gasteiger partial charge on any atom is -0.480 e. The van der Waals surface area contributed by atoms with Crippen LogP contribution in [0.2, 0.25) is 0 Å². The number of rotatable bonds is 7. The van der Waals surface area contributed by atoms with Crippen LogP contribution in [0, 0.1) is 0 Å². The Bertz CT molecular complexity index is 424. The highest BCUT2D eigenvalue weighted by atomic mass is 19.1. The van der Waals surface area contributed by atoms with E-state index in [1.807, 2.05) is 0 Å². The van der Waals surface area contributed by atoms with E-state index in [0.29, 0.717) is 5.56 Å². The molecule has 104 valence electrons. The van der Waals surface area contributed by atoms with Crippen LogP contribution in [0.25, 0.3) is 0 Å². The molecule has 0 aliphatic carbocycles. The molecule has 0 fully saturated rings. The Morgan fingerprint density at radius 1 is 1.37 bits per heavy atom. The number of ether oxygens (including phenoxy) is 1. The lowest BCUT2D eigenvalue weighted by molar-refractivity contribution is -0.145. The number of nitrogens with one attached hydrogen (secondary N) is 1. The minimum absolute atomic E-state index is 0.278. The van der Waals surface area contributed by atoms with Crippen molar-refractivity contribution < 1.29 is 23.8 Å². The van der Waals surface area contributed by atoms with E-state index in [2.05, 4.69) is 5.32 Å². The molecular weight excluding hydrogens is 253 g/mol. The normalized spacial score (nSPS) is 13.6. The lowest BCUT2D eigenvalue weighted by Crippen LogP contribution is -2.44. The van der Waals surface area contributed by atoms with Gasteiger partial charge in [0, 0.05) is 6.61 Å². The Hall–Kier alpha value is -1.95. The van der Waals surface area contributed by atoms with Crippen LogP contribution >= 0.6 is 0 Å². The summed E-state index contributed by atoms with van der Waals surface area (Å²) in [6.07, 6.45) is -0.945. The van der Waals surface area contributed by atoms with E-state index in [0.717, 1.165) is 0 Å². The Labute approximate surface area is 110 Å². The minimum atomic E-state index is -1.56. The van der Waals surface area contributed by atoms with Crippen LogP contribution < -0.4 is 5.32 Å². The van der Waals surface area contributed by atoms with Gasteiger partial charge >= 0.3 is 5.97 Å². The van der Waals surface area contributed by atoms with Crippen molar-refractivity contribution in [3.8, 4) is 0 Å². The van der Waals surface area contributed by atoms with Gasteiger partial charge in [-0.1, -0.05) is 30.3 Å². The fourth-order valence-electron chi connectivity index (χ4n) is 1.53. The quantitative estimate of drug-likeness (QED) is 0.782. The van der Waals surface area contributed by atoms with E-state index in [9.17, 15) is 14.0 Å². The van der Waals surface area contributed by atoms with Crippen LogP contribution in [0.3, 0.4) is 0 Å². The Kier molecular flexibility index (Phi) is 5.95. The number of carbonyl (C=O) groups is 2. The first-order chi connectivity index (χ1) is 9.10. The van der Waals surface area contributed by atoms with Gasteiger partial charge in [0.1, 0.15) is 6.67 Å². The fourth-order valence-corrected chi connectivity index (χ4v) is 1.53. The number of halogens is 1. The number of carbonyl (C=O) groups excluding carboxylic acids is 1. The first kappa shape index (κ1) is 15.1. The summed E-state index contributed by atoms with van der Waals surface area (Å²) < 4.78 is 17.8. The van der Waals surface area contributed by atoms with Gasteiger partial charge in [-0.05, 0) is 12.5 Å². The Balaban J connectivity index is 2.82. The zero-order valence-electron chi connectivity index (χ0n) is 10.5. The molecule has 0 spiro atoms. The number of hydrogen-bond acceptors (Lipinski definition) is 3. The molecule has 0 aliphatic heterocycles. The molecule has 2 N–H and O–H groups in total. The molecule has 1 aromatic rings. The maximum Gasteiger partial charge on any atom is 0.328 e. The van der Waals surface area contributed by atoms with Crippen molar-refractivity contribution in [1.82, 2.24) is 5.32 Å². The third kappa shape index (κ3) is 4.33. The average molecular weight is 269 g/mol. The van der Waals surface area contributed by atoms with Gasteiger partial charge in [-0.3, -0.25) is 4.79 Å². The summed E-state index contributed by atoms with van der Waals surface area (Å²) in [6, 6.07) is 7.07. The van der Waals surface area contributed by atoms with Gasteiger partial charge in [0.15, 0.2) is 12.1 Å². The molecule has 6 heteroatoms. The van der Waals surface area contributed by atoms with Crippen molar-refractivity contribution in [2.45, 2.75) is 19.1 Å². The van der Waals surface area contributed by atoms with Crippen LogP contribution in [0.5, 0.6) is 0 Å². The monoisotopic (exact) mass is 269 g/mol. The summed E-state index contributed by atoms with van der Waals surface area (Å²) in [5.41, 5.74) is 0.588. The van der Waals surface area contributed by atoms with E-state index in [1.54, 1.807) is 37.3 Å². The predicted molar refractivity (Wildman–Crippen MR) is 66.4 cm³/mol. The maximum atomic E-state index is 12.5. The summed E-state index contributed by atoms with van der Waals surface area (Å²) in [7, 11) is 0. The van der Waals surface area contributed by atoms with E-state index < -0.39 is 30.7 Å². The largest absolute Gasteiger partial charge is 0.480 e. The third-order valence-corrected chi connectivity index (χ3v) is 2.44. The van der Waals surface area contributed by atoms with E-state index >= 15 is 0 Å². The highest BCUT2D eigenvalue weighted by Gasteiger charge is 2.26. The first-order valence-electron chi connectivity index (χ1n) is 5.85. The fraction of sp³-hybridized carbons (Fsp3) is 0.385. The number of aliphatic carboxylic acids is 1. The Morgan fingerprint density at radius 3 is 2.47 bits per heavy atom. The van der Waals surface area contributed by atoms with Gasteiger partial charge < -0.3 is 15.2 Å². The highest BCUT2D eigenvalue weighted by Crippen LogP contribution is 2.17. The van der Waals surface area contributed by atoms with Gasteiger partial charge in [-0.2, -0.15) is 0 Å². The van der Waals surface area contributed by atoms with Crippen LogP contribution in [0.15, 0.2) is 30.3 Å². The summed E-state index contributed by atoms with van der Waals surface area (Å²) in [4.78, 5) is 22.6. The van der Waals surface area contributed by atoms with Crippen molar-refractivity contribution in [3.63, 3.8) is 0 Å². The van der Waals surface area contributed by atoms with E-state index in [1.165, 1.54) is 0 Å². The zero-order chi connectivity index (χ0) is 14.3. The van der Waals surface area contributed by atoms with Crippen LogP contribution in [0.1, 0.15) is 18.6 Å². The number of hydrogen-bond donors (Lipinski definition) is 2. The van der Waals surface area contributed by atoms with Crippen LogP contribution in [-0.2, 0) is 14.3 Å². The van der Waals surface area contributed by atoms with Gasteiger partial charge in [-0.25, -0.2) is 9.18 Å². The molecule has 0 aromatic heterocycles. The predicted octanol–water partition coefficient (Wildman–Crippen LogP) is 1.30. The van der Waals surface area contributed by atoms with Gasteiger partial charge in [0.2, 0.25) is 0 Å². The molecule has 0 bridgehead atoms. The molecular formula is C13H16FNO4. The van der Waals surface area contributed by atoms with Gasteiger partial charge in [-0.15, -0.1) is 0 Å². The van der Waals surface area contributed by atoms with E-state index in [4.69, 9.17) is 9.84 Å². The van der Waals surface area contributed by atoms with Crippen molar-refractivity contribution in [2.75, 3.05) is 13.3 Å².